The lowest BCUT2D eigenvalue weighted by Gasteiger charge is -2.15. The third-order valence-electron chi connectivity index (χ3n) is 7.85. The van der Waals surface area contributed by atoms with Gasteiger partial charge < -0.3 is 14.6 Å². The van der Waals surface area contributed by atoms with E-state index in [2.05, 4.69) is 111 Å². The first-order valence-electron chi connectivity index (χ1n) is 19.8. The minimum atomic E-state index is -0.816. The van der Waals surface area contributed by atoms with E-state index in [1.165, 1.54) is 51.4 Å². The number of allylic oxidation sites excluding steroid dienone is 16. The molecule has 1 N–H and O–H groups in total. The van der Waals surface area contributed by atoms with Crippen molar-refractivity contribution in [2.45, 2.75) is 161 Å². The minimum Gasteiger partial charge on any atom is -0.462 e. The van der Waals surface area contributed by atoms with Gasteiger partial charge in [0.1, 0.15) is 6.61 Å². The molecule has 0 heterocycles. The molecule has 5 nitrogen and oxygen atoms in total. The summed E-state index contributed by atoms with van der Waals surface area (Å²) in [4.78, 5) is 24.2. The van der Waals surface area contributed by atoms with Crippen LogP contribution >= 0.6 is 0 Å². The standard InChI is InChI=1S/C45H72O5/c1-3-5-7-9-11-13-15-17-19-21-22-24-26-28-30-32-34-36-38-40-45(48)50-43(41-46)42-49-44(47)39-37-35-33-31-29-27-25-23-20-18-16-14-12-10-8-6-4-2/h11-14,17-20,22,24-25,27-28,30-31,33,43,46H,3-10,15-16,21,23,26,29,32,34-42H2,1-2H3/b13-11-,14-12-,19-17-,20-18-,24-22-,27-25-,30-28-,33-31-/t43-/m0/s1. The molecule has 0 aliphatic rings. The van der Waals surface area contributed by atoms with E-state index in [1.807, 2.05) is 0 Å². The number of ether oxygens (including phenoxy) is 2. The highest BCUT2D eigenvalue weighted by Crippen LogP contribution is 2.08. The molecule has 0 aromatic carbocycles. The molecule has 1 atom stereocenters. The number of esters is 2. The lowest BCUT2D eigenvalue weighted by molar-refractivity contribution is -0.161. The fraction of sp³-hybridized carbons (Fsp3) is 0.600. The summed E-state index contributed by atoms with van der Waals surface area (Å²) in [5.41, 5.74) is 0. The molecule has 0 unspecified atom stereocenters. The number of hydrogen-bond donors (Lipinski definition) is 1. The smallest absolute Gasteiger partial charge is 0.306 e. The molecule has 50 heavy (non-hydrogen) atoms. The van der Waals surface area contributed by atoms with Crippen LogP contribution in [0, 0.1) is 0 Å². The van der Waals surface area contributed by atoms with Crippen molar-refractivity contribution in [2.24, 2.45) is 0 Å². The summed E-state index contributed by atoms with van der Waals surface area (Å²) in [6, 6.07) is 0. The van der Waals surface area contributed by atoms with Gasteiger partial charge >= 0.3 is 11.9 Å². The number of carbonyl (C=O) groups excluding carboxylic acids is 2. The van der Waals surface area contributed by atoms with Gasteiger partial charge in [-0.1, -0.05) is 143 Å². The normalized spacial score (nSPS) is 13.3. The van der Waals surface area contributed by atoms with Gasteiger partial charge in [0.25, 0.3) is 0 Å². The average Bonchev–Trinajstić information content (AvgIpc) is 3.12. The predicted octanol–water partition coefficient (Wildman–Crippen LogP) is 12.5. The van der Waals surface area contributed by atoms with Gasteiger partial charge in [-0.05, 0) is 96.3 Å². The molecular weight excluding hydrogens is 620 g/mol. The third kappa shape index (κ3) is 37.6. The van der Waals surface area contributed by atoms with Gasteiger partial charge in [-0.2, -0.15) is 0 Å². The Morgan fingerprint density at radius 1 is 0.460 bits per heavy atom. The van der Waals surface area contributed by atoms with Crippen LogP contribution in [0.15, 0.2) is 97.2 Å². The molecule has 0 fully saturated rings. The van der Waals surface area contributed by atoms with E-state index < -0.39 is 6.10 Å². The van der Waals surface area contributed by atoms with Crippen molar-refractivity contribution < 1.29 is 24.2 Å². The van der Waals surface area contributed by atoms with Gasteiger partial charge in [-0.3, -0.25) is 9.59 Å². The van der Waals surface area contributed by atoms with Crippen LogP contribution in [0.25, 0.3) is 0 Å². The fourth-order valence-corrected chi connectivity index (χ4v) is 4.82. The van der Waals surface area contributed by atoms with Crippen LogP contribution in [0.1, 0.15) is 155 Å². The second kappa shape index (κ2) is 40.3. The number of unbranched alkanes of at least 4 members (excludes halogenated alkanes) is 10. The second-order valence-electron chi connectivity index (χ2n) is 12.6. The highest BCUT2D eigenvalue weighted by molar-refractivity contribution is 5.70. The van der Waals surface area contributed by atoms with Crippen LogP contribution in [0.4, 0.5) is 0 Å². The molecule has 0 amide bonds. The summed E-state index contributed by atoms with van der Waals surface area (Å²) in [7, 11) is 0. The molecule has 0 aromatic heterocycles. The van der Waals surface area contributed by atoms with E-state index in [9.17, 15) is 14.7 Å². The van der Waals surface area contributed by atoms with E-state index >= 15 is 0 Å². The van der Waals surface area contributed by atoms with Crippen molar-refractivity contribution in [2.75, 3.05) is 13.2 Å². The SMILES string of the molecule is CCCCC/C=C\C/C=C\C/C=C\C/C=C\CCCCCC(=O)O[C@@H](CO)COC(=O)CCC/C=C\C/C=C\C/C=C\C/C=C\CCCCC. The van der Waals surface area contributed by atoms with Gasteiger partial charge in [-0.15, -0.1) is 0 Å². The molecule has 0 aliphatic heterocycles. The zero-order valence-corrected chi connectivity index (χ0v) is 31.9. The zero-order valence-electron chi connectivity index (χ0n) is 31.9. The van der Waals surface area contributed by atoms with Crippen molar-refractivity contribution in [3.05, 3.63) is 97.2 Å². The third-order valence-corrected chi connectivity index (χ3v) is 7.85. The molecular formula is C45H72O5. The van der Waals surface area contributed by atoms with Crippen molar-refractivity contribution in [1.29, 1.82) is 0 Å². The summed E-state index contributed by atoms with van der Waals surface area (Å²) >= 11 is 0. The Morgan fingerprint density at radius 2 is 0.820 bits per heavy atom. The number of rotatable bonds is 34. The molecule has 282 valence electrons. The van der Waals surface area contributed by atoms with Crippen LogP contribution in [0.2, 0.25) is 0 Å². The van der Waals surface area contributed by atoms with Gasteiger partial charge in [0.15, 0.2) is 6.10 Å². The maximum absolute atomic E-state index is 12.2. The highest BCUT2D eigenvalue weighted by atomic mass is 16.6. The van der Waals surface area contributed by atoms with Crippen molar-refractivity contribution >= 4 is 11.9 Å². The molecule has 0 spiro atoms. The van der Waals surface area contributed by atoms with Crippen LogP contribution in [0.5, 0.6) is 0 Å². The van der Waals surface area contributed by atoms with E-state index in [1.54, 1.807) is 0 Å². The summed E-state index contributed by atoms with van der Waals surface area (Å²) in [5.74, 6) is -0.703. The minimum absolute atomic E-state index is 0.114. The predicted molar refractivity (Wildman–Crippen MR) is 214 cm³/mol. The maximum Gasteiger partial charge on any atom is 0.306 e. The van der Waals surface area contributed by atoms with Crippen LogP contribution in [0.3, 0.4) is 0 Å². The van der Waals surface area contributed by atoms with E-state index in [0.717, 1.165) is 70.6 Å². The van der Waals surface area contributed by atoms with Crippen LogP contribution < -0.4 is 0 Å². The number of aliphatic hydroxyl groups excluding tert-OH is 1. The van der Waals surface area contributed by atoms with Gasteiger partial charge in [0.2, 0.25) is 0 Å². The van der Waals surface area contributed by atoms with Crippen LogP contribution in [-0.2, 0) is 19.1 Å². The summed E-state index contributed by atoms with van der Waals surface area (Å²) < 4.78 is 10.5. The molecule has 0 aromatic rings. The Hall–Kier alpha value is -3.18. The van der Waals surface area contributed by atoms with Gasteiger partial charge in [0, 0.05) is 12.8 Å². The Kier molecular flexibility index (Phi) is 37.7. The average molecular weight is 693 g/mol. The second-order valence-corrected chi connectivity index (χ2v) is 12.6. The molecule has 0 bridgehead atoms. The van der Waals surface area contributed by atoms with Crippen molar-refractivity contribution in [3.8, 4) is 0 Å². The topological polar surface area (TPSA) is 72.8 Å². The first-order chi connectivity index (χ1) is 24.6. The molecule has 0 aliphatic carbocycles. The van der Waals surface area contributed by atoms with Crippen molar-refractivity contribution in [1.82, 2.24) is 0 Å². The van der Waals surface area contributed by atoms with E-state index in [0.29, 0.717) is 19.3 Å². The number of carbonyl (C=O) groups is 2. The Bertz CT molecular complexity index is 1010. The maximum atomic E-state index is 12.2. The van der Waals surface area contributed by atoms with Crippen molar-refractivity contribution in [3.63, 3.8) is 0 Å². The first kappa shape index (κ1) is 46.8. The zero-order chi connectivity index (χ0) is 36.4. The lowest BCUT2D eigenvalue weighted by Crippen LogP contribution is -2.28. The lowest BCUT2D eigenvalue weighted by atomic mass is 10.1. The Morgan fingerprint density at radius 3 is 1.22 bits per heavy atom. The molecule has 0 radical (unpaired) electrons. The van der Waals surface area contributed by atoms with E-state index in [4.69, 9.17) is 9.47 Å². The quantitative estimate of drug-likeness (QED) is 0.0413. The highest BCUT2D eigenvalue weighted by Gasteiger charge is 2.15. The summed E-state index contributed by atoms with van der Waals surface area (Å²) in [6.07, 6.45) is 56.1. The monoisotopic (exact) mass is 693 g/mol. The number of aliphatic hydroxyl groups is 1. The summed E-state index contributed by atoms with van der Waals surface area (Å²) in [5, 5.41) is 9.55. The molecule has 0 saturated heterocycles. The molecule has 0 rings (SSSR count). The largest absolute Gasteiger partial charge is 0.462 e. The van der Waals surface area contributed by atoms with Gasteiger partial charge in [-0.25, -0.2) is 0 Å². The summed E-state index contributed by atoms with van der Waals surface area (Å²) in [6.45, 7) is 3.98. The van der Waals surface area contributed by atoms with Gasteiger partial charge in [0.05, 0.1) is 6.61 Å². The Labute approximate surface area is 307 Å². The number of hydrogen-bond acceptors (Lipinski definition) is 5. The Balaban J connectivity index is 3.76. The molecule has 0 saturated carbocycles. The fourth-order valence-electron chi connectivity index (χ4n) is 4.82. The molecule has 5 heteroatoms. The first-order valence-corrected chi connectivity index (χ1v) is 19.8. The van der Waals surface area contributed by atoms with Crippen LogP contribution in [-0.4, -0.2) is 36.4 Å². The van der Waals surface area contributed by atoms with E-state index in [-0.39, 0.29) is 25.2 Å².